The van der Waals surface area contributed by atoms with Gasteiger partial charge in [-0.25, -0.2) is 0 Å². The van der Waals surface area contributed by atoms with E-state index in [0.29, 0.717) is 23.8 Å². The van der Waals surface area contributed by atoms with E-state index in [1.165, 1.54) is 11.8 Å². The van der Waals surface area contributed by atoms with Crippen molar-refractivity contribution in [1.82, 2.24) is 19.7 Å². The zero-order valence-corrected chi connectivity index (χ0v) is 19.9. The summed E-state index contributed by atoms with van der Waals surface area (Å²) in [7, 11) is 0. The first-order valence-corrected chi connectivity index (χ1v) is 12.1. The molecule has 2 heterocycles. The molecule has 2 aromatic carbocycles. The van der Waals surface area contributed by atoms with Crippen LogP contribution in [0.5, 0.6) is 5.75 Å². The molecule has 1 saturated carbocycles. The smallest absolute Gasteiger partial charge is 0.264 e. The maximum Gasteiger partial charge on any atom is 0.264 e. The summed E-state index contributed by atoms with van der Waals surface area (Å²) in [5, 5.41) is 19.2. The highest BCUT2D eigenvalue weighted by Gasteiger charge is 2.47. The molecule has 9 heteroatoms. The number of aromatic nitrogens is 4. The maximum absolute atomic E-state index is 13.4. The molecule has 1 amide bonds. The molecule has 1 aliphatic rings. The van der Waals surface area contributed by atoms with E-state index in [1.807, 2.05) is 47.9 Å². The predicted octanol–water partition coefficient (Wildman–Crippen LogP) is 4.29. The standard InChI is InChI=1S/C26H24N6O2S/c1-17-3-5-18(6-4-17)22(27)29-24(34)26(13-2-14-26)35-25-31-30-23(19-11-15-28-16-12-19)32(25)20-7-9-21(33)10-8-20/h3-12,15-16,33H,2,13-14H2,1H3,(H2,27,29,34). The molecule has 2 aromatic heterocycles. The van der Waals surface area contributed by atoms with Crippen LogP contribution >= 0.6 is 11.8 Å². The Hall–Kier alpha value is -3.98. The van der Waals surface area contributed by atoms with E-state index in [4.69, 9.17) is 5.73 Å². The summed E-state index contributed by atoms with van der Waals surface area (Å²) in [5.41, 5.74) is 9.62. The lowest BCUT2D eigenvalue weighted by Crippen LogP contribution is -2.42. The van der Waals surface area contributed by atoms with Crippen LogP contribution in [0.3, 0.4) is 0 Å². The summed E-state index contributed by atoms with van der Waals surface area (Å²) in [6.07, 6.45) is 5.65. The van der Waals surface area contributed by atoms with Crippen LogP contribution in [-0.4, -0.2) is 41.3 Å². The van der Waals surface area contributed by atoms with Crippen LogP contribution in [0.15, 0.2) is 83.2 Å². The highest BCUT2D eigenvalue weighted by atomic mass is 32.2. The topological polar surface area (TPSA) is 119 Å². The molecule has 176 valence electrons. The van der Waals surface area contributed by atoms with Gasteiger partial charge >= 0.3 is 0 Å². The number of carbonyl (C=O) groups excluding carboxylic acids is 1. The first-order valence-electron chi connectivity index (χ1n) is 11.3. The van der Waals surface area contributed by atoms with E-state index < -0.39 is 4.75 Å². The average Bonchev–Trinajstić information content (AvgIpc) is 3.26. The molecule has 1 fully saturated rings. The average molecular weight is 485 g/mol. The van der Waals surface area contributed by atoms with Crippen LogP contribution in [0.2, 0.25) is 0 Å². The Kier molecular flexibility index (Phi) is 6.08. The van der Waals surface area contributed by atoms with E-state index in [9.17, 15) is 9.90 Å². The number of hydrogen-bond donors (Lipinski definition) is 2. The third-order valence-corrected chi connectivity index (χ3v) is 7.51. The molecule has 35 heavy (non-hydrogen) atoms. The fraction of sp³-hybridized carbons (Fsp3) is 0.192. The van der Waals surface area contributed by atoms with Crippen molar-refractivity contribution in [3.63, 3.8) is 0 Å². The Balaban J connectivity index is 1.51. The number of amidine groups is 1. The number of benzene rings is 2. The Morgan fingerprint density at radius 2 is 1.71 bits per heavy atom. The van der Waals surface area contributed by atoms with E-state index in [1.54, 1.807) is 36.7 Å². The minimum atomic E-state index is -0.757. The van der Waals surface area contributed by atoms with Crippen molar-refractivity contribution in [2.45, 2.75) is 36.1 Å². The molecule has 0 spiro atoms. The van der Waals surface area contributed by atoms with Crippen molar-refractivity contribution in [2.24, 2.45) is 10.7 Å². The SMILES string of the molecule is Cc1ccc(C(N)=NC(=O)C2(Sc3nnc(-c4ccncc4)n3-c3ccc(O)cc3)CCC2)cc1. The number of phenolic OH excluding ortho intramolecular Hbond substituents is 1. The first-order chi connectivity index (χ1) is 16.9. The number of nitrogens with zero attached hydrogens (tertiary/aromatic N) is 5. The molecule has 0 saturated heterocycles. The number of nitrogens with two attached hydrogens (primary N) is 1. The lowest BCUT2D eigenvalue weighted by atomic mass is 9.83. The van der Waals surface area contributed by atoms with Gasteiger partial charge in [0.15, 0.2) is 11.0 Å². The monoisotopic (exact) mass is 484 g/mol. The summed E-state index contributed by atoms with van der Waals surface area (Å²) in [4.78, 5) is 21.8. The van der Waals surface area contributed by atoms with E-state index in [-0.39, 0.29) is 17.5 Å². The number of rotatable bonds is 6. The van der Waals surface area contributed by atoms with Gasteiger partial charge in [-0.15, -0.1) is 10.2 Å². The van der Waals surface area contributed by atoms with Crippen molar-refractivity contribution < 1.29 is 9.90 Å². The van der Waals surface area contributed by atoms with Gasteiger partial charge in [0.2, 0.25) is 0 Å². The zero-order valence-electron chi connectivity index (χ0n) is 19.1. The highest BCUT2D eigenvalue weighted by Crippen LogP contribution is 2.49. The van der Waals surface area contributed by atoms with Gasteiger partial charge in [0, 0.05) is 29.2 Å². The highest BCUT2D eigenvalue weighted by molar-refractivity contribution is 8.01. The Morgan fingerprint density at radius 1 is 1.03 bits per heavy atom. The van der Waals surface area contributed by atoms with Crippen LogP contribution in [0.25, 0.3) is 17.1 Å². The van der Waals surface area contributed by atoms with Crippen LogP contribution in [0.1, 0.15) is 30.4 Å². The second-order valence-corrected chi connectivity index (χ2v) is 9.86. The van der Waals surface area contributed by atoms with Crippen molar-refractivity contribution in [3.05, 3.63) is 84.2 Å². The number of amides is 1. The lowest BCUT2D eigenvalue weighted by Gasteiger charge is -2.37. The molecule has 3 N–H and O–H groups in total. The molecule has 0 bridgehead atoms. The van der Waals surface area contributed by atoms with E-state index in [2.05, 4.69) is 20.2 Å². The van der Waals surface area contributed by atoms with Crippen molar-refractivity contribution >= 4 is 23.5 Å². The normalized spacial score (nSPS) is 14.9. The molecule has 1 aliphatic carbocycles. The summed E-state index contributed by atoms with van der Waals surface area (Å²) in [6.45, 7) is 1.99. The fourth-order valence-corrected chi connectivity index (χ4v) is 5.23. The van der Waals surface area contributed by atoms with Crippen molar-refractivity contribution in [1.29, 1.82) is 0 Å². The van der Waals surface area contributed by atoms with Gasteiger partial charge in [-0.2, -0.15) is 4.99 Å². The Bertz CT molecular complexity index is 1380. The number of aromatic hydroxyl groups is 1. The molecule has 5 rings (SSSR count). The minimum absolute atomic E-state index is 0.160. The molecule has 0 aliphatic heterocycles. The van der Waals surface area contributed by atoms with Gasteiger partial charge in [-0.05, 0) is 62.6 Å². The molecule has 0 radical (unpaired) electrons. The van der Waals surface area contributed by atoms with Crippen molar-refractivity contribution in [2.75, 3.05) is 0 Å². The number of aryl methyl sites for hydroxylation is 1. The van der Waals surface area contributed by atoms with Crippen LogP contribution < -0.4 is 5.73 Å². The van der Waals surface area contributed by atoms with Crippen LogP contribution in [-0.2, 0) is 4.79 Å². The number of hydrogen-bond acceptors (Lipinski definition) is 6. The van der Waals surface area contributed by atoms with Gasteiger partial charge < -0.3 is 10.8 Å². The van der Waals surface area contributed by atoms with Crippen molar-refractivity contribution in [3.8, 4) is 22.8 Å². The number of thioether (sulfide) groups is 1. The number of aliphatic imine (C=N–C) groups is 1. The van der Waals surface area contributed by atoms with Gasteiger partial charge in [0.1, 0.15) is 16.3 Å². The van der Waals surface area contributed by atoms with Gasteiger partial charge in [0.05, 0.1) is 0 Å². The first kappa shape index (κ1) is 22.8. The van der Waals surface area contributed by atoms with Gasteiger partial charge in [-0.1, -0.05) is 41.6 Å². The molecule has 0 atom stereocenters. The molecule has 8 nitrogen and oxygen atoms in total. The quantitative estimate of drug-likeness (QED) is 0.309. The lowest BCUT2D eigenvalue weighted by molar-refractivity contribution is -0.121. The van der Waals surface area contributed by atoms with E-state index >= 15 is 0 Å². The van der Waals surface area contributed by atoms with Crippen LogP contribution in [0.4, 0.5) is 0 Å². The molecule has 0 unspecified atom stereocenters. The largest absolute Gasteiger partial charge is 0.508 e. The number of carbonyl (C=O) groups is 1. The van der Waals surface area contributed by atoms with Crippen LogP contribution in [0, 0.1) is 6.92 Å². The number of pyridine rings is 1. The Labute approximate surface area is 207 Å². The zero-order chi connectivity index (χ0) is 24.4. The summed E-state index contributed by atoms with van der Waals surface area (Å²) in [6, 6.07) is 18.1. The Morgan fingerprint density at radius 3 is 2.34 bits per heavy atom. The predicted molar refractivity (Wildman–Crippen MR) is 136 cm³/mol. The molecular formula is C26H24N6O2S. The summed E-state index contributed by atoms with van der Waals surface area (Å²) >= 11 is 1.37. The third kappa shape index (κ3) is 4.54. The third-order valence-electron chi connectivity index (χ3n) is 6.09. The number of phenols is 1. The second kappa shape index (κ2) is 9.34. The maximum atomic E-state index is 13.4. The van der Waals surface area contributed by atoms with E-state index in [0.717, 1.165) is 28.8 Å². The minimum Gasteiger partial charge on any atom is -0.508 e. The second-order valence-electron chi connectivity index (χ2n) is 8.51. The van der Waals surface area contributed by atoms with Gasteiger partial charge in [-0.3, -0.25) is 14.3 Å². The molecule has 4 aromatic rings. The fourth-order valence-electron chi connectivity index (χ4n) is 3.89. The van der Waals surface area contributed by atoms with Gasteiger partial charge in [0.25, 0.3) is 5.91 Å². The summed E-state index contributed by atoms with van der Waals surface area (Å²) < 4.78 is 1.13. The summed E-state index contributed by atoms with van der Waals surface area (Å²) in [5.74, 6) is 0.718. The molecular weight excluding hydrogens is 460 g/mol.